The third kappa shape index (κ3) is 3.46. The van der Waals surface area contributed by atoms with Crippen molar-refractivity contribution in [2.45, 2.75) is 51.4 Å². The highest BCUT2D eigenvalue weighted by atomic mass is 16.5. The Morgan fingerprint density at radius 1 is 1.37 bits per heavy atom. The fourth-order valence-electron chi connectivity index (χ4n) is 3.73. The molecule has 1 N–H and O–H groups in total. The van der Waals surface area contributed by atoms with Crippen LogP contribution in [0.5, 0.6) is 5.88 Å². The molecule has 3 heterocycles. The lowest BCUT2D eigenvalue weighted by Crippen LogP contribution is -2.33. The molecule has 1 aliphatic heterocycles. The predicted molar refractivity (Wildman–Crippen MR) is 92.6 cm³/mol. The first-order valence-electron chi connectivity index (χ1n) is 9.01. The molecule has 4 rings (SSSR count). The Morgan fingerprint density at radius 2 is 2.19 bits per heavy atom. The number of hydrogen-bond acceptors (Lipinski definition) is 7. The molecule has 0 aromatic carbocycles. The van der Waals surface area contributed by atoms with Gasteiger partial charge in [-0.15, -0.1) is 5.10 Å². The van der Waals surface area contributed by atoms with Crippen molar-refractivity contribution in [1.29, 1.82) is 0 Å². The van der Waals surface area contributed by atoms with Crippen LogP contribution < -0.4 is 10.1 Å². The second kappa shape index (κ2) is 7.29. The molecule has 27 heavy (non-hydrogen) atoms. The molecule has 0 unspecified atom stereocenters. The lowest BCUT2D eigenvalue weighted by molar-refractivity contribution is -0.122. The van der Waals surface area contributed by atoms with E-state index in [1.165, 1.54) is 31.0 Å². The number of nitrogens with one attached hydrogen (secondary N) is 1. The Morgan fingerprint density at radius 3 is 2.89 bits per heavy atom. The van der Waals surface area contributed by atoms with Gasteiger partial charge in [0, 0.05) is 18.2 Å². The number of fused-ring (bicyclic) bond motifs is 1. The van der Waals surface area contributed by atoms with Crippen LogP contribution in [0, 0.1) is 0 Å². The largest absolute Gasteiger partial charge is 0.481 e. The summed E-state index contributed by atoms with van der Waals surface area (Å²) in [6.07, 6.45) is 5.81. The fourth-order valence-corrected chi connectivity index (χ4v) is 3.73. The summed E-state index contributed by atoms with van der Waals surface area (Å²) in [5.41, 5.74) is 2.02. The van der Waals surface area contributed by atoms with Crippen LogP contribution >= 0.6 is 0 Å². The van der Waals surface area contributed by atoms with E-state index in [0.29, 0.717) is 29.6 Å². The van der Waals surface area contributed by atoms with Crippen molar-refractivity contribution >= 4 is 11.8 Å². The Balaban J connectivity index is 1.47. The molecule has 0 bridgehead atoms. The molecular weight excluding hydrogens is 350 g/mol. The van der Waals surface area contributed by atoms with Crippen LogP contribution in [-0.2, 0) is 24.4 Å². The van der Waals surface area contributed by atoms with Gasteiger partial charge in [-0.1, -0.05) is 12.8 Å². The van der Waals surface area contributed by atoms with E-state index in [1.54, 1.807) is 6.07 Å². The van der Waals surface area contributed by atoms with Gasteiger partial charge in [-0.3, -0.25) is 9.59 Å². The minimum atomic E-state index is -0.247. The van der Waals surface area contributed by atoms with Gasteiger partial charge in [-0.25, -0.2) is 9.67 Å². The minimum absolute atomic E-state index is 0.0159. The molecule has 10 heteroatoms. The molecular formula is C17H21N7O3. The first kappa shape index (κ1) is 17.4. The van der Waals surface area contributed by atoms with Crippen molar-refractivity contribution < 1.29 is 14.3 Å². The van der Waals surface area contributed by atoms with E-state index in [2.05, 4.69) is 25.8 Å². The second-order valence-corrected chi connectivity index (χ2v) is 6.81. The quantitative estimate of drug-likeness (QED) is 0.776. The van der Waals surface area contributed by atoms with Gasteiger partial charge in [-0.05, 0) is 29.3 Å². The molecule has 2 aromatic rings. The van der Waals surface area contributed by atoms with Crippen molar-refractivity contribution in [3.05, 3.63) is 29.2 Å². The van der Waals surface area contributed by atoms with Crippen molar-refractivity contribution in [1.82, 2.24) is 35.4 Å². The molecule has 2 amide bonds. The van der Waals surface area contributed by atoms with Crippen LogP contribution in [0.4, 0.5) is 0 Å². The normalized spacial score (nSPS) is 16.6. The number of carbonyl (C=O) groups is 2. The number of amides is 2. The van der Waals surface area contributed by atoms with Gasteiger partial charge in [0.25, 0.3) is 5.91 Å². The second-order valence-electron chi connectivity index (χ2n) is 6.81. The van der Waals surface area contributed by atoms with E-state index in [4.69, 9.17) is 4.74 Å². The number of hydrogen-bond donors (Lipinski definition) is 1. The summed E-state index contributed by atoms with van der Waals surface area (Å²) >= 11 is 0. The Hall–Kier alpha value is -3.04. The van der Waals surface area contributed by atoms with E-state index in [0.717, 1.165) is 18.5 Å². The third-order valence-electron chi connectivity index (χ3n) is 5.08. The Bertz CT molecular complexity index is 846. The van der Waals surface area contributed by atoms with Crippen LogP contribution in [0.2, 0.25) is 0 Å². The monoisotopic (exact) mass is 371 g/mol. The number of methoxy groups -OCH3 is 1. The van der Waals surface area contributed by atoms with E-state index in [1.807, 2.05) is 4.90 Å². The molecule has 2 aliphatic rings. The van der Waals surface area contributed by atoms with Crippen molar-refractivity contribution in [3.8, 4) is 5.88 Å². The SMILES string of the molecule is COc1nc2c(cc1CNC(=O)Cn1cnnn1)C(=O)N(C1CCCC1)C2. The van der Waals surface area contributed by atoms with Gasteiger partial charge in [0.1, 0.15) is 12.9 Å². The molecule has 0 radical (unpaired) electrons. The predicted octanol–water partition coefficient (Wildman–Crippen LogP) is 0.291. The smallest absolute Gasteiger partial charge is 0.256 e. The van der Waals surface area contributed by atoms with Crippen LogP contribution in [-0.4, -0.2) is 55.1 Å². The van der Waals surface area contributed by atoms with Gasteiger partial charge in [0.15, 0.2) is 0 Å². The number of rotatable bonds is 6. The molecule has 1 aliphatic carbocycles. The fraction of sp³-hybridized carbons (Fsp3) is 0.529. The van der Waals surface area contributed by atoms with Crippen molar-refractivity contribution in [2.24, 2.45) is 0 Å². The first-order chi connectivity index (χ1) is 13.2. The Labute approximate surface area is 155 Å². The summed E-state index contributed by atoms with van der Waals surface area (Å²) in [5.74, 6) is 0.203. The molecule has 0 spiro atoms. The molecule has 2 aromatic heterocycles. The van der Waals surface area contributed by atoms with Crippen LogP contribution in [0.1, 0.15) is 47.3 Å². The van der Waals surface area contributed by atoms with Crippen molar-refractivity contribution in [3.63, 3.8) is 0 Å². The van der Waals surface area contributed by atoms with Gasteiger partial charge in [0.2, 0.25) is 11.8 Å². The molecule has 10 nitrogen and oxygen atoms in total. The zero-order chi connectivity index (χ0) is 18.8. The average Bonchev–Trinajstić information content (AvgIpc) is 3.41. The van der Waals surface area contributed by atoms with Crippen LogP contribution in [0.25, 0.3) is 0 Å². The number of ether oxygens (including phenoxy) is 1. The van der Waals surface area contributed by atoms with Gasteiger partial charge in [0.05, 0.1) is 24.9 Å². The van der Waals surface area contributed by atoms with Gasteiger partial charge < -0.3 is 15.0 Å². The summed E-state index contributed by atoms with van der Waals surface area (Å²) in [6, 6.07) is 2.09. The maximum absolute atomic E-state index is 12.8. The van der Waals surface area contributed by atoms with Gasteiger partial charge >= 0.3 is 0 Å². The average molecular weight is 371 g/mol. The van der Waals surface area contributed by atoms with Crippen molar-refractivity contribution in [2.75, 3.05) is 7.11 Å². The van der Waals surface area contributed by atoms with E-state index in [-0.39, 0.29) is 24.9 Å². The lowest BCUT2D eigenvalue weighted by atomic mass is 10.1. The zero-order valence-electron chi connectivity index (χ0n) is 15.1. The first-order valence-corrected chi connectivity index (χ1v) is 9.01. The van der Waals surface area contributed by atoms with E-state index in [9.17, 15) is 9.59 Å². The number of aromatic nitrogens is 5. The van der Waals surface area contributed by atoms with Gasteiger partial charge in [-0.2, -0.15) is 0 Å². The summed E-state index contributed by atoms with van der Waals surface area (Å²) < 4.78 is 6.70. The Kier molecular flexibility index (Phi) is 4.69. The summed E-state index contributed by atoms with van der Waals surface area (Å²) in [7, 11) is 1.53. The highest BCUT2D eigenvalue weighted by Crippen LogP contribution is 2.33. The zero-order valence-corrected chi connectivity index (χ0v) is 15.1. The highest BCUT2D eigenvalue weighted by molar-refractivity contribution is 5.98. The molecule has 0 atom stereocenters. The van der Waals surface area contributed by atoms with E-state index >= 15 is 0 Å². The van der Waals surface area contributed by atoms with Crippen LogP contribution in [0.3, 0.4) is 0 Å². The molecule has 1 saturated carbocycles. The minimum Gasteiger partial charge on any atom is -0.481 e. The number of pyridine rings is 1. The summed E-state index contributed by atoms with van der Waals surface area (Å²) in [6.45, 7) is 0.754. The topological polar surface area (TPSA) is 115 Å². The third-order valence-corrected chi connectivity index (χ3v) is 5.08. The number of carbonyl (C=O) groups excluding carboxylic acids is 2. The molecule has 1 fully saturated rings. The van der Waals surface area contributed by atoms with E-state index < -0.39 is 0 Å². The highest BCUT2D eigenvalue weighted by Gasteiger charge is 2.35. The summed E-state index contributed by atoms with van der Waals surface area (Å²) in [4.78, 5) is 31.3. The number of nitrogens with zero attached hydrogens (tertiary/aromatic N) is 6. The number of tetrazole rings is 1. The van der Waals surface area contributed by atoms with Crippen LogP contribution in [0.15, 0.2) is 12.4 Å². The lowest BCUT2D eigenvalue weighted by Gasteiger charge is -2.22. The summed E-state index contributed by atoms with van der Waals surface area (Å²) in [5, 5.41) is 13.4. The maximum atomic E-state index is 12.8. The molecule has 142 valence electrons. The standard InChI is InChI=1S/C17H21N7O3/c1-27-16-11(7-18-15(25)9-23-10-19-21-22-23)6-13-14(20-16)8-24(17(13)26)12-4-2-3-5-12/h6,10,12H,2-5,7-9H2,1H3,(H,18,25). The molecule has 0 saturated heterocycles. The maximum Gasteiger partial charge on any atom is 0.256 e.